The average molecular weight is 441 g/mol. The number of hydrogen-bond acceptors (Lipinski definition) is 5. The lowest BCUT2D eigenvalue weighted by atomic mass is 9.77. The van der Waals surface area contributed by atoms with Gasteiger partial charge in [-0.15, -0.1) is 0 Å². The van der Waals surface area contributed by atoms with Crippen LogP contribution in [0.3, 0.4) is 0 Å². The normalized spacial score (nSPS) is 24.2. The maximum atomic E-state index is 13.7. The van der Waals surface area contributed by atoms with Gasteiger partial charge < -0.3 is 15.4 Å². The van der Waals surface area contributed by atoms with Crippen LogP contribution in [-0.2, 0) is 19.1 Å². The van der Waals surface area contributed by atoms with Gasteiger partial charge in [0.05, 0.1) is 5.69 Å². The monoisotopic (exact) mass is 441 g/mol. The first-order chi connectivity index (χ1) is 14.5. The van der Waals surface area contributed by atoms with E-state index in [1.807, 2.05) is 5.32 Å². The van der Waals surface area contributed by atoms with Crippen molar-refractivity contribution in [2.24, 2.45) is 5.92 Å². The number of nitrogens with one attached hydrogen (secondary N) is 2. The minimum Gasteiger partial charge on any atom is -0.451 e. The number of carbonyl (C=O) groups is 4. The zero-order valence-corrected chi connectivity index (χ0v) is 17.0. The Bertz CT molecular complexity index is 931. The van der Waals surface area contributed by atoms with E-state index in [1.54, 1.807) is 0 Å². The van der Waals surface area contributed by atoms with Crippen LogP contribution in [-0.4, -0.2) is 46.9 Å². The van der Waals surface area contributed by atoms with Crippen LogP contribution in [0.4, 0.5) is 23.7 Å². The Morgan fingerprint density at radius 3 is 2.52 bits per heavy atom. The van der Waals surface area contributed by atoms with Crippen LogP contribution in [0.5, 0.6) is 0 Å². The molecule has 1 aliphatic heterocycles. The van der Waals surface area contributed by atoms with Crippen molar-refractivity contribution >= 4 is 29.5 Å². The van der Waals surface area contributed by atoms with Crippen LogP contribution in [0, 0.1) is 23.4 Å². The molecular formula is C20H22F3N3O5. The summed E-state index contributed by atoms with van der Waals surface area (Å²) in [7, 11) is 0. The highest BCUT2D eigenvalue weighted by atomic mass is 19.2. The van der Waals surface area contributed by atoms with Gasteiger partial charge in [-0.25, -0.2) is 18.0 Å². The molecule has 1 saturated carbocycles. The van der Waals surface area contributed by atoms with E-state index >= 15 is 0 Å². The van der Waals surface area contributed by atoms with Crippen molar-refractivity contribution in [2.45, 2.75) is 51.2 Å². The third-order valence-electron chi connectivity index (χ3n) is 5.63. The summed E-state index contributed by atoms with van der Waals surface area (Å²) in [6, 6.07) is 0.736. The van der Waals surface area contributed by atoms with Gasteiger partial charge in [-0.2, -0.15) is 0 Å². The summed E-state index contributed by atoms with van der Waals surface area (Å²) in [4.78, 5) is 50.0. The largest absolute Gasteiger partial charge is 0.451 e. The lowest BCUT2D eigenvalue weighted by Crippen LogP contribution is -2.49. The molecule has 1 aromatic carbocycles. The number of esters is 1. The van der Waals surface area contributed by atoms with E-state index in [1.165, 1.54) is 6.92 Å². The number of rotatable bonds is 5. The number of benzene rings is 1. The molecule has 4 amide bonds. The molecular weight excluding hydrogens is 419 g/mol. The summed E-state index contributed by atoms with van der Waals surface area (Å²) >= 11 is 0. The molecule has 8 nitrogen and oxygen atoms in total. The molecule has 1 aromatic rings. The van der Waals surface area contributed by atoms with Gasteiger partial charge in [-0.3, -0.25) is 19.3 Å². The van der Waals surface area contributed by atoms with E-state index < -0.39 is 65.1 Å². The maximum Gasteiger partial charge on any atom is 0.327 e. The van der Waals surface area contributed by atoms with Crippen molar-refractivity contribution in [3.8, 4) is 0 Å². The zero-order valence-electron chi connectivity index (χ0n) is 17.0. The molecule has 0 aromatic heterocycles. The van der Waals surface area contributed by atoms with Gasteiger partial charge in [-0.05, 0) is 50.7 Å². The fraction of sp³-hybridized carbons (Fsp3) is 0.500. The van der Waals surface area contributed by atoms with Gasteiger partial charge in [-0.1, -0.05) is 6.92 Å². The minimum atomic E-state index is -1.76. The van der Waals surface area contributed by atoms with Crippen molar-refractivity contribution < 1.29 is 37.1 Å². The van der Waals surface area contributed by atoms with Crippen LogP contribution in [0.25, 0.3) is 0 Å². The number of amides is 4. The third kappa shape index (κ3) is 4.49. The molecule has 0 bridgehead atoms. The SMILES string of the molecule is CC1CCC2(CC1)NC(=O)N(CC(=O)O[C@@H](C)C(=O)Nc1ccc(F)c(F)c1F)C2=O. The molecule has 1 atom stereocenters. The fourth-order valence-electron chi connectivity index (χ4n) is 3.69. The van der Waals surface area contributed by atoms with Gasteiger partial charge >= 0.3 is 12.0 Å². The highest BCUT2D eigenvalue weighted by molar-refractivity contribution is 6.08. The van der Waals surface area contributed by atoms with Crippen molar-refractivity contribution in [2.75, 3.05) is 11.9 Å². The predicted molar refractivity (Wildman–Crippen MR) is 101 cm³/mol. The third-order valence-corrected chi connectivity index (χ3v) is 5.63. The maximum absolute atomic E-state index is 13.7. The molecule has 168 valence electrons. The number of hydrogen-bond donors (Lipinski definition) is 2. The molecule has 1 saturated heterocycles. The van der Waals surface area contributed by atoms with E-state index in [9.17, 15) is 32.3 Å². The molecule has 1 spiro atoms. The van der Waals surface area contributed by atoms with Crippen molar-refractivity contribution in [1.29, 1.82) is 0 Å². The number of carbonyl (C=O) groups excluding carboxylic acids is 4. The molecule has 0 unspecified atom stereocenters. The van der Waals surface area contributed by atoms with Gasteiger partial charge in [0.1, 0.15) is 12.1 Å². The van der Waals surface area contributed by atoms with Crippen molar-refractivity contribution in [3.05, 3.63) is 29.6 Å². The Kier molecular flexibility index (Phi) is 6.23. The molecule has 31 heavy (non-hydrogen) atoms. The summed E-state index contributed by atoms with van der Waals surface area (Å²) in [6.45, 7) is 2.53. The van der Waals surface area contributed by atoms with Crippen LogP contribution >= 0.6 is 0 Å². The predicted octanol–water partition coefficient (Wildman–Crippen LogP) is 2.47. The fourth-order valence-corrected chi connectivity index (χ4v) is 3.69. The summed E-state index contributed by atoms with van der Waals surface area (Å²) in [5.74, 6) is -6.89. The first-order valence-electron chi connectivity index (χ1n) is 9.82. The van der Waals surface area contributed by atoms with Crippen LogP contribution in [0.15, 0.2) is 12.1 Å². The smallest absolute Gasteiger partial charge is 0.327 e. The molecule has 3 rings (SSSR count). The molecule has 2 aliphatic rings. The highest BCUT2D eigenvalue weighted by Gasteiger charge is 2.52. The van der Waals surface area contributed by atoms with E-state index in [-0.39, 0.29) is 0 Å². The second-order valence-corrected chi connectivity index (χ2v) is 7.93. The second kappa shape index (κ2) is 8.56. The standard InChI is InChI=1S/C20H22F3N3O5/c1-10-5-7-20(8-6-10)18(29)26(19(30)25-20)9-14(27)31-11(2)17(28)24-13-4-3-12(21)15(22)16(13)23/h3-4,10-11H,5-9H2,1-2H3,(H,24,28)(H,25,30)/t10?,11-,20?/m0/s1. The molecule has 1 heterocycles. The Morgan fingerprint density at radius 2 is 1.87 bits per heavy atom. The Morgan fingerprint density at radius 1 is 1.23 bits per heavy atom. The lowest BCUT2D eigenvalue weighted by molar-refractivity contribution is -0.155. The molecule has 0 radical (unpaired) electrons. The van der Waals surface area contributed by atoms with E-state index in [2.05, 4.69) is 12.2 Å². The number of nitrogens with zero attached hydrogens (tertiary/aromatic N) is 1. The number of ether oxygens (including phenoxy) is 1. The molecule has 1 aliphatic carbocycles. The number of imide groups is 1. The van der Waals surface area contributed by atoms with Crippen LogP contribution < -0.4 is 10.6 Å². The quantitative estimate of drug-likeness (QED) is 0.415. The lowest BCUT2D eigenvalue weighted by Gasteiger charge is -2.33. The van der Waals surface area contributed by atoms with Gasteiger partial charge in [0, 0.05) is 0 Å². The van der Waals surface area contributed by atoms with Crippen LogP contribution in [0.1, 0.15) is 39.5 Å². The zero-order chi connectivity index (χ0) is 22.9. The van der Waals surface area contributed by atoms with E-state index in [0.717, 1.165) is 23.8 Å². The number of anilines is 1. The van der Waals surface area contributed by atoms with Gasteiger partial charge in [0.2, 0.25) is 0 Å². The molecule has 11 heteroatoms. The Hall–Kier alpha value is -3.11. The summed E-state index contributed by atoms with van der Waals surface area (Å²) in [5.41, 5.74) is -1.65. The summed E-state index contributed by atoms with van der Waals surface area (Å²) < 4.78 is 44.8. The Labute approximate surface area is 176 Å². The molecule has 2 fully saturated rings. The highest BCUT2D eigenvalue weighted by Crippen LogP contribution is 2.36. The molecule has 2 N–H and O–H groups in total. The average Bonchev–Trinajstić information content (AvgIpc) is 2.94. The van der Waals surface area contributed by atoms with Crippen molar-refractivity contribution in [1.82, 2.24) is 10.2 Å². The Balaban J connectivity index is 1.58. The summed E-state index contributed by atoms with van der Waals surface area (Å²) in [6.07, 6.45) is 1.03. The topological polar surface area (TPSA) is 105 Å². The first kappa shape index (κ1) is 22.6. The van der Waals surface area contributed by atoms with Gasteiger partial charge in [0.15, 0.2) is 23.6 Å². The van der Waals surface area contributed by atoms with Crippen LogP contribution in [0.2, 0.25) is 0 Å². The van der Waals surface area contributed by atoms with E-state index in [0.29, 0.717) is 24.8 Å². The van der Waals surface area contributed by atoms with E-state index in [4.69, 9.17) is 4.74 Å². The summed E-state index contributed by atoms with van der Waals surface area (Å²) in [5, 5.41) is 4.65. The second-order valence-electron chi connectivity index (χ2n) is 7.93. The first-order valence-corrected chi connectivity index (χ1v) is 9.82. The van der Waals surface area contributed by atoms with Gasteiger partial charge in [0.25, 0.3) is 11.8 Å². The van der Waals surface area contributed by atoms with Crippen molar-refractivity contribution in [3.63, 3.8) is 0 Å². The minimum absolute atomic E-state index is 0.438. The number of urea groups is 1. The number of halogens is 3.